The van der Waals surface area contributed by atoms with Crippen LogP contribution in [0.1, 0.15) is 13.8 Å². The zero-order chi connectivity index (χ0) is 6.78. The molecule has 0 aromatic carbocycles. The van der Waals surface area contributed by atoms with E-state index in [-0.39, 0.29) is 22.6 Å². The van der Waals surface area contributed by atoms with E-state index in [1.54, 1.807) is 0 Å². The average Bonchev–Trinajstić information content (AvgIpc) is 1.62. The number of halogens is 2. The molecule has 56 valence electrons. The number of rotatable bonds is 1. The lowest BCUT2D eigenvalue weighted by Crippen LogP contribution is -2.24. The summed E-state index contributed by atoms with van der Waals surface area (Å²) in [6.45, 7) is 3.72. The first-order chi connectivity index (χ1) is 3.48. The molecule has 0 fully saturated rings. The number of nitrogens with one attached hydrogen (secondary N) is 1. The van der Waals surface area contributed by atoms with Gasteiger partial charge in [0.2, 0.25) is 0 Å². The molecule has 0 radical (unpaired) electrons. The van der Waals surface area contributed by atoms with E-state index in [2.05, 4.69) is 20.7 Å². The maximum absolute atomic E-state index is 7.12. The van der Waals surface area contributed by atoms with E-state index in [0.717, 1.165) is 0 Å². The summed E-state index contributed by atoms with van der Waals surface area (Å²) in [5.41, 5.74) is 0. The fourth-order valence-electron chi connectivity index (χ4n) is 0.243. The summed E-state index contributed by atoms with van der Waals surface area (Å²) in [5, 5.41) is 7.12. The summed E-state index contributed by atoms with van der Waals surface area (Å²) in [6, 6.07) is 0. The van der Waals surface area contributed by atoms with E-state index in [1.165, 1.54) is 7.11 Å². The monoisotopic (exact) mass is 215 g/mol. The van der Waals surface area contributed by atoms with E-state index < -0.39 is 0 Å². The lowest BCUT2D eigenvalue weighted by molar-refractivity contribution is 0.378. The first kappa shape index (κ1) is 12.0. The van der Waals surface area contributed by atoms with Gasteiger partial charge in [0.15, 0.2) is 5.90 Å². The quantitative estimate of drug-likeness (QED) is 0.407. The Balaban J connectivity index is 0. The van der Waals surface area contributed by atoms with Crippen molar-refractivity contribution in [3.63, 3.8) is 0 Å². The molecule has 0 spiro atoms. The van der Waals surface area contributed by atoms with Gasteiger partial charge in [0.1, 0.15) is 0 Å². The van der Waals surface area contributed by atoms with Crippen LogP contribution in [-0.4, -0.2) is 17.3 Å². The third-order valence-corrected chi connectivity index (χ3v) is 1.10. The number of hydrogen-bond donors (Lipinski definition) is 1. The van der Waals surface area contributed by atoms with Crippen LogP contribution in [0.5, 0.6) is 0 Å². The Hall–Kier alpha value is 0.240. The molecule has 0 unspecified atom stereocenters. The average molecular weight is 217 g/mol. The molecule has 0 bridgehead atoms. The van der Waals surface area contributed by atoms with Gasteiger partial charge < -0.3 is 4.74 Å². The first-order valence-electron chi connectivity index (χ1n) is 2.30. The van der Waals surface area contributed by atoms with Gasteiger partial charge in [0.25, 0.3) is 0 Å². The molecule has 9 heavy (non-hydrogen) atoms. The Morgan fingerprint density at radius 1 is 1.56 bits per heavy atom. The summed E-state index contributed by atoms with van der Waals surface area (Å²) >= 11 is 3.25. The highest BCUT2D eigenvalue weighted by Gasteiger charge is 2.19. The van der Waals surface area contributed by atoms with Gasteiger partial charge in [-0.2, -0.15) is 0 Å². The van der Waals surface area contributed by atoms with Crippen LogP contribution >= 0.6 is 28.3 Å². The molecular formula is C5H11BrClNO. The Bertz CT molecular complexity index is 99.6. The van der Waals surface area contributed by atoms with Gasteiger partial charge in [-0.3, -0.25) is 5.41 Å². The van der Waals surface area contributed by atoms with Gasteiger partial charge in [0, 0.05) is 0 Å². The second kappa shape index (κ2) is 4.12. The highest BCUT2D eigenvalue weighted by atomic mass is 79.9. The first-order valence-corrected chi connectivity index (χ1v) is 3.09. The summed E-state index contributed by atoms with van der Waals surface area (Å²) < 4.78 is 4.33. The largest absolute Gasteiger partial charge is 0.483 e. The highest BCUT2D eigenvalue weighted by Crippen LogP contribution is 2.16. The van der Waals surface area contributed by atoms with Gasteiger partial charge in [-0.25, -0.2) is 0 Å². The van der Waals surface area contributed by atoms with Crippen LogP contribution in [0, 0.1) is 5.41 Å². The predicted octanol–water partition coefficient (Wildman–Crippen LogP) is 2.21. The fraction of sp³-hybridized carbons (Fsp3) is 0.800. The van der Waals surface area contributed by atoms with Crippen LogP contribution in [-0.2, 0) is 4.74 Å². The van der Waals surface area contributed by atoms with Crippen LogP contribution in [0.15, 0.2) is 0 Å². The Kier molecular flexibility index (Phi) is 5.48. The van der Waals surface area contributed by atoms with Crippen molar-refractivity contribution in [2.75, 3.05) is 7.11 Å². The van der Waals surface area contributed by atoms with E-state index in [9.17, 15) is 0 Å². The van der Waals surface area contributed by atoms with Gasteiger partial charge in [-0.1, -0.05) is 15.9 Å². The normalized spacial score (nSPS) is 9.78. The minimum atomic E-state index is -0.318. The summed E-state index contributed by atoms with van der Waals surface area (Å²) in [6.07, 6.45) is 0. The molecule has 1 N–H and O–H groups in total. The van der Waals surface area contributed by atoms with Crippen molar-refractivity contribution >= 4 is 34.2 Å². The van der Waals surface area contributed by atoms with E-state index in [1.807, 2.05) is 13.8 Å². The third kappa shape index (κ3) is 4.73. The molecule has 0 saturated heterocycles. The van der Waals surface area contributed by atoms with Crippen molar-refractivity contribution in [1.82, 2.24) is 0 Å². The van der Waals surface area contributed by atoms with Gasteiger partial charge in [0.05, 0.1) is 11.4 Å². The molecule has 0 amide bonds. The van der Waals surface area contributed by atoms with Crippen LogP contribution in [0.2, 0.25) is 0 Å². The second-order valence-corrected chi connectivity index (χ2v) is 3.99. The number of alkyl halides is 1. The molecule has 0 aromatic heterocycles. The number of hydrogen-bond acceptors (Lipinski definition) is 2. The molecular weight excluding hydrogens is 205 g/mol. The van der Waals surface area contributed by atoms with Crippen LogP contribution in [0.25, 0.3) is 0 Å². The molecule has 0 heterocycles. The topological polar surface area (TPSA) is 33.1 Å². The van der Waals surface area contributed by atoms with Gasteiger partial charge in [-0.15, -0.1) is 12.4 Å². The molecule has 2 nitrogen and oxygen atoms in total. The van der Waals surface area contributed by atoms with E-state index in [4.69, 9.17) is 5.41 Å². The minimum absolute atomic E-state index is 0. The summed E-state index contributed by atoms with van der Waals surface area (Å²) in [5.74, 6) is 0.248. The molecule has 0 aliphatic carbocycles. The molecule has 0 saturated carbocycles. The third-order valence-electron chi connectivity index (χ3n) is 0.744. The molecule has 0 atom stereocenters. The van der Waals surface area contributed by atoms with Crippen molar-refractivity contribution in [3.05, 3.63) is 0 Å². The molecule has 4 heteroatoms. The Morgan fingerprint density at radius 3 is 1.89 bits per heavy atom. The lowest BCUT2D eigenvalue weighted by Gasteiger charge is -2.14. The Morgan fingerprint density at radius 2 is 1.89 bits per heavy atom. The van der Waals surface area contributed by atoms with Crippen molar-refractivity contribution in [1.29, 1.82) is 5.41 Å². The van der Waals surface area contributed by atoms with Crippen molar-refractivity contribution in [2.45, 2.75) is 18.2 Å². The zero-order valence-corrected chi connectivity index (χ0v) is 8.10. The predicted molar refractivity (Wildman–Crippen MR) is 45.0 cm³/mol. The van der Waals surface area contributed by atoms with Crippen molar-refractivity contribution in [3.8, 4) is 0 Å². The highest BCUT2D eigenvalue weighted by molar-refractivity contribution is 9.10. The van der Waals surface area contributed by atoms with Crippen LogP contribution in [0.4, 0.5) is 0 Å². The smallest absolute Gasteiger partial charge is 0.196 e. The van der Waals surface area contributed by atoms with E-state index in [0.29, 0.717) is 0 Å². The summed E-state index contributed by atoms with van der Waals surface area (Å²) in [4.78, 5) is 0. The maximum Gasteiger partial charge on any atom is 0.196 e. The van der Waals surface area contributed by atoms with Crippen molar-refractivity contribution in [2.24, 2.45) is 0 Å². The second-order valence-electron chi connectivity index (χ2n) is 2.01. The van der Waals surface area contributed by atoms with Crippen LogP contribution < -0.4 is 0 Å². The zero-order valence-electron chi connectivity index (χ0n) is 5.69. The molecule has 0 rings (SSSR count). The van der Waals surface area contributed by atoms with Gasteiger partial charge >= 0.3 is 0 Å². The molecule has 0 aliphatic heterocycles. The minimum Gasteiger partial charge on any atom is -0.483 e. The molecule has 0 aliphatic rings. The van der Waals surface area contributed by atoms with Crippen LogP contribution in [0.3, 0.4) is 0 Å². The SMILES string of the molecule is COC(=N)C(C)(C)Br.Cl. The maximum atomic E-state index is 7.12. The summed E-state index contributed by atoms with van der Waals surface area (Å²) in [7, 11) is 1.49. The van der Waals surface area contributed by atoms with Crippen molar-refractivity contribution < 1.29 is 4.74 Å². The fourth-order valence-corrected chi connectivity index (χ4v) is 0.405. The lowest BCUT2D eigenvalue weighted by atomic mass is 10.2. The standard InChI is InChI=1S/C5H10BrNO.ClH/c1-5(2,6)4(7)8-3;/h7H,1-3H3;1H. The Labute approximate surface area is 70.0 Å². The molecule has 0 aromatic rings. The van der Waals surface area contributed by atoms with Gasteiger partial charge in [-0.05, 0) is 13.8 Å². The number of ether oxygens (including phenoxy) is 1. The van der Waals surface area contributed by atoms with E-state index >= 15 is 0 Å². The number of methoxy groups -OCH3 is 1.